The van der Waals surface area contributed by atoms with E-state index in [4.69, 9.17) is 9.15 Å². The highest BCUT2D eigenvalue weighted by Crippen LogP contribution is 2.36. The first-order valence-corrected chi connectivity index (χ1v) is 12.9. The van der Waals surface area contributed by atoms with Crippen LogP contribution in [0.25, 0.3) is 17.4 Å². The molecule has 200 valence electrons. The van der Waals surface area contributed by atoms with E-state index < -0.39 is 16.1 Å². The number of thioether (sulfide) groups is 1. The fourth-order valence-corrected chi connectivity index (χ4v) is 5.24. The van der Waals surface area contributed by atoms with Crippen LogP contribution >= 0.6 is 11.8 Å². The molecule has 1 aromatic heterocycles. The van der Waals surface area contributed by atoms with Crippen LogP contribution in [0.15, 0.2) is 70.0 Å². The Balaban J connectivity index is 1.24. The maximum Gasteiger partial charge on any atom is 0.294 e. The van der Waals surface area contributed by atoms with E-state index in [2.05, 4.69) is 4.90 Å². The number of nitrogens with zero attached hydrogens (tertiary/aromatic N) is 4. The molecule has 0 N–H and O–H groups in total. The number of piperazine rings is 1. The number of para-hydroxylation sites is 1. The van der Waals surface area contributed by atoms with Gasteiger partial charge in [0, 0.05) is 37.9 Å². The number of hydrogen-bond acceptors (Lipinski definition) is 9. The smallest absolute Gasteiger partial charge is 0.294 e. The Bertz CT molecular complexity index is 1460. The Morgan fingerprint density at radius 2 is 1.82 bits per heavy atom. The predicted octanol–water partition coefficient (Wildman–Crippen LogP) is 4.25. The number of anilines is 1. The number of nitro groups is 1. The number of amides is 3. The molecule has 3 amide bonds. The van der Waals surface area contributed by atoms with Gasteiger partial charge >= 0.3 is 0 Å². The van der Waals surface area contributed by atoms with Gasteiger partial charge in [0.2, 0.25) is 5.91 Å². The summed E-state index contributed by atoms with van der Waals surface area (Å²) in [6.45, 7) is 1.96. The second-order valence-corrected chi connectivity index (χ2v) is 9.81. The topological polar surface area (TPSA) is 126 Å². The molecule has 0 saturated carbocycles. The lowest BCUT2D eigenvalue weighted by atomic mass is 10.1. The number of methoxy groups -OCH3 is 1. The summed E-state index contributed by atoms with van der Waals surface area (Å²) in [5.74, 6) is -0.0878. The molecule has 39 heavy (non-hydrogen) atoms. The number of imide groups is 1. The van der Waals surface area contributed by atoms with Gasteiger partial charge < -0.3 is 19.0 Å². The third kappa shape index (κ3) is 5.50. The first-order chi connectivity index (χ1) is 18.8. The van der Waals surface area contributed by atoms with E-state index in [0.29, 0.717) is 43.7 Å². The van der Waals surface area contributed by atoms with Gasteiger partial charge in [0.05, 0.1) is 28.6 Å². The Kier molecular flexibility index (Phi) is 7.37. The SMILES string of the molecule is COc1ccc(-c2ccc(/C=C3/SC(=O)N(CC(=O)N4CCN(c5ccccc5)CC4)C3=O)o2)c([N+](=O)[O-])c1. The molecule has 2 fully saturated rings. The molecule has 12 heteroatoms. The first kappa shape index (κ1) is 26.0. The standard InChI is InChI=1S/C27H24N4O7S/c1-37-19-7-9-21(22(15-19)31(35)36)23-10-8-20(38-23)16-24-26(33)30(27(34)39-24)17-25(32)29-13-11-28(12-14-29)18-5-3-2-4-6-18/h2-10,15-16H,11-14,17H2,1H3/b24-16+. The van der Waals surface area contributed by atoms with E-state index in [0.717, 1.165) is 10.6 Å². The second-order valence-electron chi connectivity index (χ2n) is 8.81. The summed E-state index contributed by atoms with van der Waals surface area (Å²) in [6.07, 6.45) is 1.40. The summed E-state index contributed by atoms with van der Waals surface area (Å²) in [4.78, 5) is 54.3. The molecule has 0 spiro atoms. The largest absolute Gasteiger partial charge is 0.497 e. The molecule has 3 heterocycles. The van der Waals surface area contributed by atoms with Crippen LogP contribution in [0.2, 0.25) is 0 Å². The Morgan fingerprint density at radius 3 is 2.51 bits per heavy atom. The lowest BCUT2D eigenvalue weighted by Gasteiger charge is -2.36. The van der Waals surface area contributed by atoms with Crippen molar-refractivity contribution in [1.29, 1.82) is 0 Å². The van der Waals surface area contributed by atoms with Gasteiger partial charge in [-0.15, -0.1) is 0 Å². The van der Waals surface area contributed by atoms with E-state index in [1.807, 2.05) is 30.3 Å². The fourth-order valence-electron chi connectivity index (χ4n) is 4.43. The fraction of sp³-hybridized carbons (Fsp3) is 0.222. The average molecular weight is 549 g/mol. The molecule has 3 aromatic rings. The van der Waals surface area contributed by atoms with Gasteiger partial charge in [-0.05, 0) is 48.2 Å². The molecular formula is C27H24N4O7S. The minimum atomic E-state index is -0.588. The summed E-state index contributed by atoms with van der Waals surface area (Å²) in [6, 6.07) is 17.4. The van der Waals surface area contributed by atoms with E-state index in [1.54, 1.807) is 23.1 Å². The first-order valence-electron chi connectivity index (χ1n) is 12.1. The second kappa shape index (κ2) is 11.0. The summed E-state index contributed by atoms with van der Waals surface area (Å²) < 4.78 is 10.8. The lowest BCUT2D eigenvalue weighted by Crippen LogP contribution is -2.51. The van der Waals surface area contributed by atoms with E-state index in [-0.39, 0.29) is 40.1 Å². The molecule has 2 aliphatic rings. The van der Waals surface area contributed by atoms with Gasteiger partial charge in [0.25, 0.3) is 16.8 Å². The van der Waals surface area contributed by atoms with Crippen LogP contribution in [-0.2, 0) is 9.59 Å². The van der Waals surface area contributed by atoms with Crippen molar-refractivity contribution in [3.8, 4) is 17.1 Å². The van der Waals surface area contributed by atoms with Crippen LogP contribution in [0.5, 0.6) is 5.75 Å². The number of furan rings is 1. The Labute approximate surface area is 227 Å². The van der Waals surface area contributed by atoms with Gasteiger partial charge in [-0.25, -0.2) is 0 Å². The summed E-state index contributed by atoms with van der Waals surface area (Å²) in [5, 5.41) is 11.0. The normalized spacial score (nSPS) is 16.7. The maximum absolute atomic E-state index is 13.0. The van der Waals surface area contributed by atoms with Crippen LogP contribution in [0.4, 0.5) is 16.2 Å². The number of carbonyl (C=O) groups is 3. The van der Waals surface area contributed by atoms with Crippen molar-refractivity contribution in [3.63, 3.8) is 0 Å². The van der Waals surface area contributed by atoms with Crippen molar-refractivity contribution < 1.29 is 28.5 Å². The Hall–Kier alpha value is -4.58. The van der Waals surface area contributed by atoms with Crippen molar-refractivity contribution >= 4 is 46.3 Å². The van der Waals surface area contributed by atoms with Gasteiger partial charge in [0.1, 0.15) is 23.8 Å². The summed E-state index contributed by atoms with van der Waals surface area (Å²) in [7, 11) is 1.41. The number of rotatable bonds is 7. The monoisotopic (exact) mass is 548 g/mol. The zero-order chi connectivity index (χ0) is 27.5. The van der Waals surface area contributed by atoms with Crippen LogP contribution < -0.4 is 9.64 Å². The molecule has 11 nitrogen and oxygen atoms in total. The quantitative estimate of drug-likeness (QED) is 0.242. The summed E-state index contributed by atoms with van der Waals surface area (Å²) >= 11 is 0.716. The molecule has 5 rings (SSSR count). The molecule has 2 aromatic carbocycles. The minimum absolute atomic E-state index is 0.104. The number of ether oxygens (including phenoxy) is 1. The van der Waals surface area contributed by atoms with Crippen molar-refractivity contribution in [1.82, 2.24) is 9.80 Å². The predicted molar refractivity (Wildman–Crippen MR) is 145 cm³/mol. The van der Waals surface area contributed by atoms with Gasteiger partial charge in [-0.1, -0.05) is 18.2 Å². The van der Waals surface area contributed by atoms with Gasteiger partial charge in [0.15, 0.2) is 0 Å². The minimum Gasteiger partial charge on any atom is -0.497 e. The highest BCUT2D eigenvalue weighted by atomic mass is 32.2. The molecule has 0 radical (unpaired) electrons. The molecule has 0 unspecified atom stereocenters. The van der Waals surface area contributed by atoms with E-state index >= 15 is 0 Å². The highest BCUT2D eigenvalue weighted by molar-refractivity contribution is 8.18. The zero-order valence-corrected chi connectivity index (χ0v) is 21.8. The van der Waals surface area contributed by atoms with Crippen LogP contribution in [0.1, 0.15) is 5.76 Å². The number of benzene rings is 2. The molecule has 2 aliphatic heterocycles. The lowest BCUT2D eigenvalue weighted by molar-refractivity contribution is -0.384. The third-order valence-corrected chi connectivity index (χ3v) is 7.40. The molecule has 0 aliphatic carbocycles. The van der Waals surface area contributed by atoms with Gasteiger partial charge in [-0.3, -0.25) is 29.4 Å². The number of carbonyl (C=O) groups excluding carboxylic acids is 3. The van der Waals surface area contributed by atoms with Crippen LogP contribution in [0, 0.1) is 10.1 Å². The van der Waals surface area contributed by atoms with Crippen molar-refractivity contribution in [2.24, 2.45) is 0 Å². The van der Waals surface area contributed by atoms with Gasteiger partial charge in [-0.2, -0.15) is 0 Å². The molecule has 0 bridgehead atoms. The Morgan fingerprint density at radius 1 is 1.08 bits per heavy atom. The zero-order valence-electron chi connectivity index (χ0n) is 20.9. The maximum atomic E-state index is 13.0. The van der Waals surface area contributed by atoms with E-state index in [9.17, 15) is 24.5 Å². The van der Waals surface area contributed by atoms with Crippen molar-refractivity contribution in [3.05, 3.63) is 81.4 Å². The highest BCUT2D eigenvalue weighted by Gasteiger charge is 2.37. The summed E-state index contributed by atoms with van der Waals surface area (Å²) in [5.41, 5.74) is 1.13. The van der Waals surface area contributed by atoms with E-state index in [1.165, 1.54) is 25.3 Å². The number of nitro benzene ring substituents is 1. The van der Waals surface area contributed by atoms with Crippen molar-refractivity contribution in [2.75, 3.05) is 44.7 Å². The van der Waals surface area contributed by atoms with Crippen molar-refractivity contribution in [2.45, 2.75) is 0 Å². The number of hydrogen-bond donors (Lipinski definition) is 0. The molecular weight excluding hydrogens is 524 g/mol. The van der Waals surface area contributed by atoms with Crippen LogP contribution in [-0.4, -0.2) is 71.6 Å². The average Bonchev–Trinajstić information content (AvgIpc) is 3.53. The van der Waals surface area contributed by atoms with Crippen LogP contribution in [0.3, 0.4) is 0 Å². The molecule has 2 saturated heterocycles. The third-order valence-electron chi connectivity index (χ3n) is 6.49. The molecule has 0 atom stereocenters.